The van der Waals surface area contributed by atoms with Gasteiger partial charge in [-0.1, -0.05) is 6.42 Å². The smallest absolute Gasteiger partial charge is 0.136 e. The van der Waals surface area contributed by atoms with E-state index in [1.807, 2.05) is 0 Å². The van der Waals surface area contributed by atoms with E-state index >= 15 is 0 Å². The Morgan fingerprint density at radius 1 is 0.833 bits per heavy atom. The molecule has 0 N–H and O–H groups in total. The molecular weight excluding hydrogens is 224 g/mol. The number of carbonyl (C=O) groups excluding carboxylic acids is 1. The highest BCUT2D eigenvalue weighted by atomic mass is 16.1. The van der Waals surface area contributed by atoms with Crippen LogP contribution in [-0.2, 0) is 4.79 Å². The second-order valence-electron chi connectivity index (χ2n) is 6.80. The topological polar surface area (TPSA) is 23.6 Å². The summed E-state index contributed by atoms with van der Waals surface area (Å²) in [7, 11) is 0. The molecule has 1 aliphatic carbocycles. The summed E-state index contributed by atoms with van der Waals surface area (Å²) < 4.78 is 0. The number of rotatable bonds is 2. The zero-order chi connectivity index (χ0) is 12.1. The SMILES string of the molecule is O=C1CC2CCCC(C1)N2C1CCN(C2CC2)C1. The molecule has 3 unspecified atom stereocenters. The lowest BCUT2D eigenvalue weighted by Crippen LogP contribution is -2.57. The lowest BCUT2D eigenvalue weighted by molar-refractivity contribution is -0.128. The van der Waals surface area contributed by atoms with E-state index in [0.29, 0.717) is 17.9 Å². The van der Waals surface area contributed by atoms with E-state index in [2.05, 4.69) is 9.80 Å². The van der Waals surface area contributed by atoms with Gasteiger partial charge >= 0.3 is 0 Å². The molecule has 3 heterocycles. The fourth-order valence-electron chi connectivity index (χ4n) is 4.59. The molecule has 100 valence electrons. The third-order valence-corrected chi connectivity index (χ3v) is 5.52. The Labute approximate surface area is 110 Å². The second-order valence-corrected chi connectivity index (χ2v) is 6.80. The van der Waals surface area contributed by atoms with Gasteiger partial charge in [0.2, 0.25) is 0 Å². The van der Waals surface area contributed by atoms with Crippen molar-refractivity contribution in [3.63, 3.8) is 0 Å². The standard InChI is InChI=1S/C15H24N2O/c18-15-8-12-2-1-3-13(9-15)17(12)14-6-7-16(10-14)11-4-5-11/h11-14H,1-10H2. The highest BCUT2D eigenvalue weighted by Gasteiger charge is 2.44. The normalized spacial score (nSPS) is 42.4. The summed E-state index contributed by atoms with van der Waals surface area (Å²) in [5, 5.41) is 0. The molecule has 3 atom stereocenters. The first-order valence-corrected chi connectivity index (χ1v) is 7.84. The molecule has 0 aromatic rings. The van der Waals surface area contributed by atoms with Crippen molar-refractivity contribution in [3.8, 4) is 0 Å². The number of hydrogen-bond acceptors (Lipinski definition) is 3. The largest absolute Gasteiger partial charge is 0.300 e. The van der Waals surface area contributed by atoms with Crippen LogP contribution in [0.15, 0.2) is 0 Å². The Morgan fingerprint density at radius 3 is 2.22 bits per heavy atom. The molecule has 0 aromatic carbocycles. The zero-order valence-electron chi connectivity index (χ0n) is 11.2. The summed E-state index contributed by atoms with van der Waals surface area (Å²) >= 11 is 0. The maximum atomic E-state index is 11.8. The molecular formula is C15H24N2O. The van der Waals surface area contributed by atoms with Crippen molar-refractivity contribution in [2.24, 2.45) is 0 Å². The van der Waals surface area contributed by atoms with Gasteiger partial charge in [-0.05, 0) is 32.1 Å². The summed E-state index contributed by atoms with van der Waals surface area (Å²) in [5.74, 6) is 0.526. The molecule has 3 saturated heterocycles. The molecule has 3 nitrogen and oxygen atoms in total. The maximum Gasteiger partial charge on any atom is 0.136 e. The summed E-state index contributed by atoms with van der Waals surface area (Å²) in [6, 6.07) is 2.86. The summed E-state index contributed by atoms with van der Waals surface area (Å²) in [6.07, 6.45) is 9.77. The number of hydrogen-bond donors (Lipinski definition) is 0. The molecule has 4 rings (SSSR count). The highest BCUT2D eigenvalue weighted by molar-refractivity contribution is 5.80. The quantitative estimate of drug-likeness (QED) is 0.744. The third kappa shape index (κ3) is 1.92. The molecule has 4 fully saturated rings. The number of Topliss-reactive ketones (excluding diaryl/α,β-unsaturated/α-hetero) is 1. The Bertz CT molecular complexity index is 336. The van der Waals surface area contributed by atoms with Crippen LogP contribution in [0.1, 0.15) is 51.4 Å². The van der Waals surface area contributed by atoms with Crippen LogP contribution >= 0.6 is 0 Å². The molecule has 3 aliphatic heterocycles. The summed E-state index contributed by atoms with van der Waals surface area (Å²) in [4.78, 5) is 17.3. The van der Waals surface area contributed by atoms with Crippen LogP contribution in [0.2, 0.25) is 0 Å². The first-order chi connectivity index (χ1) is 8.81. The molecule has 3 heteroatoms. The number of nitrogens with zero attached hydrogens (tertiary/aromatic N) is 2. The molecule has 2 bridgehead atoms. The van der Waals surface area contributed by atoms with E-state index in [9.17, 15) is 4.79 Å². The number of likely N-dealkylation sites (tertiary alicyclic amines) is 1. The Morgan fingerprint density at radius 2 is 1.56 bits per heavy atom. The van der Waals surface area contributed by atoms with Crippen LogP contribution in [0.3, 0.4) is 0 Å². The Hall–Kier alpha value is -0.410. The minimum absolute atomic E-state index is 0.526. The Kier molecular flexibility index (Phi) is 2.73. The zero-order valence-corrected chi connectivity index (χ0v) is 11.2. The molecule has 0 aromatic heterocycles. The molecule has 18 heavy (non-hydrogen) atoms. The highest BCUT2D eigenvalue weighted by Crippen LogP contribution is 2.38. The van der Waals surface area contributed by atoms with Gasteiger partial charge in [0.15, 0.2) is 0 Å². The average Bonchev–Trinajstić information content (AvgIpc) is 3.07. The van der Waals surface area contributed by atoms with Crippen molar-refractivity contribution in [2.45, 2.75) is 75.5 Å². The predicted molar refractivity (Wildman–Crippen MR) is 70.5 cm³/mol. The van der Waals surface area contributed by atoms with Gasteiger partial charge in [0, 0.05) is 50.1 Å². The third-order valence-electron chi connectivity index (χ3n) is 5.52. The number of ketones is 1. The second kappa shape index (κ2) is 4.31. The van der Waals surface area contributed by atoms with Gasteiger partial charge in [-0.15, -0.1) is 0 Å². The van der Waals surface area contributed by atoms with Crippen LogP contribution < -0.4 is 0 Å². The minimum Gasteiger partial charge on any atom is -0.300 e. The summed E-state index contributed by atoms with van der Waals surface area (Å²) in [5.41, 5.74) is 0. The molecule has 0 amide bonds. The van der Waals surface area contributed by atoms with E-state index in [4.69, 9.17) is 0 Å². The van der Waals surface area contributed by atoms with Gasteiger partial charge in [0.1, 0.15) is 5.78 Å². The van der Waals surface area contributed by atoms with Crippen molar-refractivity contribution in [1.29, 1.82) is 0 Å². The van der Waals surface area contributed by atoms with Crippen molar-refractivity contribution < 1.29 is 4.79 Å². The van der Waals surface area contributed by atoms with E-state index in [1.165, 1.54) is 51.6 Å². The van der Waals surface area contributed by atoms with Crippen LogP contribution in [0, 0.1) is 0 Å². The van der Waals surface area contributed by atoms with Crippen molar-refractivity contribution in [3.05, 3.63) is 0 Å². The number of carbonyl (C=O) groups is 1. The lowest BCUT2D eigenvalue weighted by Gasteiger charge is -2.48. The number of piperidine rings is 2. The van der Waals surface area contributed by atoms with Crippen molar-refractivity contribution >= 4 is 5.78 Å². The summed E-state index contributed by atoms with van der Waals surface area (Å²) in [6.45, 7) is 2.59. The lowest BCUT2D eigenvalue weighted by atomic mass is 9.82. The number of fused-ring (bicyclic) bond motifs is 2. The monoisotopic (exact) mass is 248 g/mol. The van der Waals surface area contributed by atoms with E-state index < -0.39 is 0 Å². The first-order valence-electron chi connectivity index (χ1n) is 7.84. The van der Waals surface area contributed by atoms with Crippen LogP contribution in [-0.4, -0.2) is 52.8 Å². The predicted octanol–water partition coefficient (Wildman–Crippen LogP) is 1.81. The first kappa shape index (κ1) is 11.4. The van der Waals surface area contributed by atoms with Crippen LogP contribution in [0.4, 0.5) is 0 Å². The fourth-order valence-corrected chi connectivity index (χ4v) is 4.59. The van der Waals surface area contributed by atoms with Crippen LogP contribution in [0.5, 0.6) is 0 Å². The van der Waals surface area contributed by atoms with Gasteiger partial charge in [-0.3, -0.25) is 14.6 Å². The van der Waals surface area contributed by atoms with Gasteiger partial charge in [0.05, 0.1) is 0 Å². The fraction of sp³-hybridized carbons (Fsp3) is 0.933. The van der Waals surface area contributed by atoms with E-state index in [0.717, 1.165) is 24.9 Å². The van der Waals surface area contributed by atoms with Crippen molar-refractivity contribution in [1.82, 2.24) is 9.80 Å². The minimum atomic E-state index is 0.526. The van der Waals surface area contributed by atoms with Gasteiger partial charge in [0.25, 0.3) is 0 Å². The van der Waals surface area contributed by atoms with E-state index in [1.54, 1.807) is 0 Å². The van der Waals surface area contributed by atoms with E-state index in [-0.39, 0.29) is 0 Å². The molecule has 0 spiro atoms. The average molecular weight is 248 g/mol. The Balaban J connectivity index is 1.48. The molecule has 1 saturated carbocycles. The van der Waals surface area contributed by atoms with Gasteiger partial charge in [-0.25, -0.2) is 0 Å². The molecule has 4 aliphatic rings. The molecule has 0 radical (unpaired) electrons. The van der Waals surface area contributed by atoms with Gasteiger partial charge in [-0.2, -0.15) is 0 Å². The van der Waals surface area contributed by atoms with Crippen molar-refractivity contribution in [2.75, 3.05) is 13.1 Å². The van der Waals surface area contributed by atoms with Crippen LogP contribution in [0.25, 0.3) is 0 Å². The van der Waals surface area contributed by atoms with Gasteiger partial charge < -0.3 is 0 Å². The maximum absolute atomic E-state index is 11.8.